The lowest BCUT2D eigenvalue weighted by molar-refractivity contribution is 0.240. The summed E-state index contributed by atoms with van der Waals surface area (Å²) in [6, 6.07) is 0.804. The van der Waals surface area contributed by atoms with Crippen LogP contribution in [0.3, 0.4) is 0 Å². The van der Waals surface area contributed by atoms with Crippen LogP contribution in [0.15, 0.2) is 12.7 Å². The Balaban J connectivity index is 2.03. The Bertz CT molecular complexity index is 191. The van der Waals surface area contributed by atoms with Crippen LogP contribution in [0.4, 0.5) is 0 Å². The van der Waals surface area contributed by atoms with Crippen LogP contribution in [0.2, 0.25) is 0 Å². The summed E-state index contributed by atoms with van der Waals surface area (Å²) in [6.07, 6.45) is 3.33. The van der Waals surface area contributed by atoms with E-state index >= 15 is 0 Å². The topological polar surface area (TPSA) is 15.3 Å². The number of likely N-dealkylation sites (tertiary alicyclic amines) is 1. The highest BCUT2D eigenvalue weighted by atomic mass is 15.2. The molecule has 2 heteroatoms. The van der Waals surface area contributed by atoms with Crippen LogP contribution in [0.5, 0.6) is 0 Å². The second-order valence-electron chi connectivity index (χ2n) is 4.30. The van der Waals surface area contributed by atoms with E-state index in [0.29, 0.717) is 0 Å². The predicted octanol–water partition coefficient (Wildman–Crippen LogP) is 1.10. The van der Waals surface area contributed by atoms with Gasteiger partial charge >= 0.3 is 0 Å². The second-order valence-corrected chi connectivity index (χ2v) is 4.30. The minimum absolute atomic E-state index is 0.804. The van der Waals surface area contributed by atoms with Crippen LogP contribution < -0.4 is 5.32 Å². The zero-order valence-electron chi connectivity index (χ0n) is 8.50. The molecule has 0 aliphatic carbocycles. The molecular weight excluding hydrogens is 160 g/mol. The van der Waals surface area contributed by atoms with Crippen LogP contribution in [-0.2, 0) is 0 Å². The van der Waals surface area contributed by atoms with E-state index in [4.69, 9.17) is 0 Å². The summed E-state index contributed by atoms with van der Waals surface area (Å²) in [5, 5.41) is 3.50. The fourth-order valence-electron chi connectivity index (χ4n) is 3.05. The molecule has 0 aromatic carbocycles. The van der Waals surface area contributed by atoms with Gasteiger partial charge in [0.25, 0.3) is 0 Å². The van der Waals surface area contributed by atoms with Crippen LogP contribution in [-0.4, -0.2) is 37.1 Å². The average molecular weight is 180 g/mol. The first-order valence-corrected chi connectivity index (χ1v) is 5.42. The number of fused-ring (bicyclic) bond motifs is 1. The summed E-state index contributed by atoms with van der Waals surface area (Å²) in [4.78, 5) is 2.60. The monoisotopic (exact) mass is 180 g/mol. The van der Waals surface area contributed by atoms with E-state index < -0.39 is 0 Å². The maximum atomic E-state index is 3.83. The fraction of sp³-hybridized carbons (Fsp3) is 0.818. The lowest BCUT2D eigenvalue weighted by Crippen LogP contribution is -2.35. The van der Waals surface area contributed by atoms with Crippen molar-refractivity contribution in [1.29, 1.82) is 0 Å². The Labute approximate surface area is 81.0 Å². The van der Waals surface area contributed by atoms with Crippen LogP contribution in [0, 0.1) is 11.8 Å². The molecule has 2 heterocycles. The molecule has 2 aliphatic rings. The van der Waals surface area contributed by atoms with Gasteiger partial charge in [0.15, 0.2) is 0 Å². The highest BCUT2D eigenvalue weighted by molar-refractivity contribution is 4.99. The molecule has 1 N–H and O–H groups in total. The average Bonchev–Trinajstić information content (AvgIpc) is 2.64. The van der Waals surface area contributed by atoms with Gasteiger partial charge in [-0.15, -0.1) is 6.58 Å². The Morgan fingerprint density at radius 1 is 1.54 bits per heavy atom. The van der Waals surface area contributed by atoms with Crippen LogP contribution in [0.25, 0.3) is 0 Å². The van der Waals surface area contributed by atoms with Gasteiger partial charge in [-0.1, -0.05) is 13.0 Å². The zero-order chi connectivity index (χ0) is 9.26. The molecule has 3 atom stereocenters. The maximum Gasteiger partial charge on any atom is 0.0163 e. The number of nitrogens with one attached hydrogen (secondary N) is 1. The largest absolute Gasteiger partial charge is 0.316 e. The van der Waals surface area contributed by atoms with Crippen molar-refractivity contribution in [2.75, 3.05) is 26.2 Å². The van der Waals surface area contributed by atoms with Gasteiger partial charge in [0.1, 0.15) is 0 Å². The summed E-state index contributed by atoms with van der Waals surface area (Å²) < 4.78 is 0. The molecule has 0 amide bonds. The van der Waals surface area contributed by atoms with Crippen molar-refractivity contribution in [3.63, 3.8) is 0 Å². The van der Waals surface area contributed by atoms with Crippen molar-refractivity contribution in [2.45, 2.75) is 19.4 Å². The lowest BCUT2D eigenvalue weighted by atomic mass is 9.93. The molecule has 2 saturated heterocycles. The van der Waals surface area contributed by atoms with Gasteiger partial charge in [-0.05, 0) is 31.3 Å². The van der Waals surface area contributed by atoms with Crippen LogP contribution >= 0.6 is 0 Å². The van der Waals surface area contributed by atoms with Gasteiger partial charge in [-0.2, -0.15) is 0 Å². The third-order valence-electron chi connectivity index (χ3n) is 3.61. The summed E-state index contributed by atoms with van der Waals surface area (Å²) in [5.74, 6) is 1.81. The molecule has 2 rings (SSSR count). The first-order valence-electron chi connectivity index (χ1n) is 5.42. The number of hydrogen-bond acceptors (Lipinski definition) is 2. The van der Waals surface area contributed by atoms with Crippen LogP contribution in [0.1, 0.15) is 13.3 Å². The Hall–Kier alpha value is -0.340. The number of hydrogen-bond donors (Lipinski definition) is 1. The SMILES string of the molecule is C=CCN1CC2CNCC2C1CC. The lowest BCUT2D eigenvalue weighted by Gasteiger charge is -2.25. The highest BCUT2D eigenvalue weighted by Crippen LogP contribution is 2.33. The van der Waals surface area contributed by atoms with E-state index in [2.05, 4.69) is 23.7 Å². The molecule has 74 valence electrons. The molecule has 0 spiro atoms. The minimum atomic E-state index is 0.804. The van der Waals surface area contributed by atoms with Crippen molar-refractivity contribution in [1.82, 2.24) is 10.2 Å². The molecule has 2 fully saturated rings. The van der Waals surface area contributed by atoms with E-state index in [1.807, 2.05) is 6.08 Å². The van der Waals surface area contributed by atoms with Gasteiger partial charge in [0, 0.05) is 19.1 Å². The third-order valence-corrected chi connectivity index (χ3v) is 3.61. The number of nitrogens with zero attached hydrogens (tertiary/aromatic N) is 1. The highest BCUT2D eigenvalue weighted by Gasteiger charge is 2.42. The first-order chi connectivity index (χ1) is 6.36. The van der Waals surface area contributed by atoms with E-state index in [9.17, 15) is 0 Å². The van der Waals surface area contributed by atoms with Gasteiger partial charge in [-0.25, -0.2) is 0 Å². The van der Waals surface area contributed by atoms with Gasteiger partial charge < -0.3 is 5.32 Å². The molecule has 0 saturated carbocycles. The van der Waals surface area contributed by atoms with E-state index in [0.717, 1.165) is 24.4 Å². The van der Waals surface area contributed by atoms with E-state index in [1.165, 1.54) is 26.1 Å². The van der Waals surface area contributed by atoms with Gasteiger partial charge in [0.05, 0.1) is 0 Å². The van der Waals surface area contributed by atoms with Gasteiger partial charge in [-0.3, -0.25) is 4.90 Å². The Kier molecular flexibility index (Phi) is 2.70. The standard InChI is InChI=1S/C11H20N2/c1-3-5-13-8-9-6-12-7-10(9)11(13)4-2/h3,9-12H,1,4-8H2,2H3. The third kappa shape index (κ3) is 1.53. The van der Waals surface area contributed by atoms with E-state index in [1.54, 1.807) is 0 Å². The number of rotatable bonds is 3. The zero-order valence-corrected chi connectivity index (χ0v) is 8.50. The minimum Gasteiger partial charge on any atom is -0.316 e. The fourth-order valence-corrected chi connectivity index (χ4v) is 3.05. The molecule has 2 aliphatic heterocycles. The Morgan fingerprint density at radius 3 is 3.08 bits per heavy atom. The smallest absolute Gasteiger partial charge is 0.0163 e. The quantitative estimate of drug-likeness (QED) is 0.654. The molecule has 0 aromatic rings. The summed E-state index contributed by atoms with van der Waals surface area (Å²) >= 11 is 0. The normalized spacial score (nSPS) is 39.3. The molecule has 2 nitrogen and oxygen atoms in total. The summed E-state index contributed by atoms with van der Waals surface area (Å²) in [6.45, 7) is 11.0. The molecule has 0 bridgehead atoms. The predicted molar refractivity (Wildman–Crippen MR) is 55.7 cm³/mol. The first kappa shape index (κ1) is 9.22. The molecule has 13 heavy (non-hydrogen) atoms. The van der Waals surface area contributed by atoms with Crippen molar-refractivity contribution in [3.8, 4) is 0 Å². The molecular formula is C11H20N2. The van der Waals surface area contributed by atoms with Crippen molar-refractivity contribution >= 4 is 0 Å². The van der Waals surface area contributed by atoms with Crippen molar-refractivity contribution < 1.29 is 0 Å². The molecule has 0 aromatic heterocycles. The molecule has 0 radical (unpaired) electrons. The van der Waals surface area contributed by atoms with E-state index in [-0.39, 0.29) is 0 Å². The van der Waals surface area contributed by atoms with Gasteiger partial charge in [0.2, 0.25) is 0 Å². The second kappa shape index (κ2) is 3.81. The summed E-state index contributed by atoms with van der Waals surface area (Å²) in [5.41, 5.74) is 0. The van der Waals surface area contributed by atoms with Crippen molar-refractivity contribution in [3.05, 3.63) is 12.7 Å². The molecule has 3 unspecified atom stereocenters. The van der Waals surface area contributed by atoms with Crippen molar-refractivity contribution in [2.24, 2.45) is 11.8 Å². The maximum absolute atomic E-state index is 3.83. The summed E-state index contributed by atoms with van der Waals surface area (Å²) in [7, 11) is 0. The Morgan fingerprint density at radius 2 is 2.38 bits per heavy atom.